The summed E-state index contributed by atoms with van der Waals surface area (Å²) in [7, 11) is 0. The average Bonchev–Trinajstić information content (AvgIpc) is 3.31. The predicted molar refractivity (Wildman–Crippen MR) is 283 cm³/mol. The number of carbonyl (C=O) groups excluding carboxylic acids is 1. The smallest absolute Gasteiger partial charge is 0.249 e. The summed E-state index contributed by atoms with van der Waals surface area (Å²) in [4.78, 5) is 12.6. The standard InChI is InChI=1S/C59H111NO5/c1-3-5-7-9-11-13-15-17-19-21-23-25-27-28-29-30-31-33-34-36-38-40-42-44-46-48-50-52-56(62)58(64)55(54-61)60-59(65)57(63)53-51-49-47-45-43-41-39-37-35-32-26-24-22-20-18-16-14-12-10-8-6-4-2/h24,26,35-38,44,46,55-58,61-64H,3-23,25,27-34,39-43,45,47-54H2,1-2H3,(H,60,65)/b26-24-,37-35-,38-36+,46-44+. The van der Waals surface area contributed by atoms with Crippen molar-refractivity contribution in [1.82, 2.24) is 5.32 Å². The van der Waals surface area contributed by atoms with Crippen LogP contribution >= 0.6 is 0 Å². The number of hydrogen-bond acceptors (Lipinski definition) is 5. The summed E-state index contributed by atoms with van der Waals surface area (Å²) < 4.78 is 0. The number of hydrogen-bond donors (Lipinski definition) is 5. The lowest BCUT2D eigenvalue weighted by Crippen LogP contribution is -2.53. The highest BCUT2D eigenvalue weighted by Crippen LogP contribution is 2.17. The van der Waals surface area contributed by atoms with Gasteiger partial charge in [-0.25, -0.2) is 0 Å². The SMILES string of the molecule is CCCCCCCCCCC/C=C\C/C=C\CCCCCCCCC(O)C(=O)NC(CO)C(O)C(O)CCC/C=C/CC/C=C/CCCCCCCCCCCCCCCCCCCC. The normalized spacial score (nSPS) is 14.1. The highest BCUT2D eigenvalue weighted by Gasteiger charge is 2.28. The van der Waals surface area contributed by atoms with Gasteiger partial charge in [-0.3, -0.25) is 4.79 Å². The first-order valence-corrected chi connectivity index (χ1v) is 28.5. The molecule has 0 aromatic heterocycles. The second kappa shape index (κ2) is 53.2. The predicted octanol–water partition coefficient (Wildman–Crippen LogP) is 16.6. The first-order valence-electron chi connectivity index (χ1n) is 28.5. The van der Waals surface area contributed by atoms with Crippen LogP contribution in [0.5, 0.6) is 0 Å². The summed E-state index contributed by atoms with van der Waals surface area (Å²) in [6.45, 7) is 4.06. The fourth-order valence-corrected chi connectivity index (χ4v) is 8.75. The lowest BCUT2D eigenvalue weighted by molar-refractivity contribution is -0.132. The second-order valence-corrected chi connectivity index (χ2v) is 19.6. The Hall–Kier alpha value is -1.73. The van der Waals surface area contributed by atoms with E-state index < -0.39 is 36.9 Å². The van der Waals surface area contributed by atoms with E-state index in [-0.39, 0.29) is 0 Å². The van der Waals surface area contributed by atoms with Gasteiger partial charge in [0.05, 0.1) is 18.8 Å². The molecule has 0 saturated carbocycles. The van der Waals surface area contributed by atoms with Crippen molar-refractivity contribution in [3.8, 4) is 0 Å². The number of amides is 1. The molecule has 0 bridgehead atoms. The molecule has 5 N–H and O–H groups in total. The molecule has 0 aliphatic rings. The van der Waals surface area contributed by atoms with E-state index in [4.69, 9.17) is 0 Å². The minimum absolute atomic E-state index is 0.347. The van der Waals surface area contributed by atoms with E-state index in [9.17, 15) is 25.2 Å². The van der Waals surface area contributed by atoms with Crippen LogP contribution in [0.2, 0.25) is 0 Å². The summed E-state index contributed by atoms with van der Waals surface area (Å²) in [5, 5.41) is 43.9. The van der Waals surface area contributed by atoms with Crippen molar-refractivity contribution in [2.75, 3.05) is 6.61 Å². The molecule has 0 fully saturated rings. The third kappa shape index (κ3) is 47.1. The molecule has 4 unspecified atom stereocenters. The second-order valence-electron chi connectivity index (χ2n) is 19.6. The topological polar surface area (TPSA) is 110 Å². The fraction of sp³-hybridized carbons (Fsp3) is 0.847. The van der Waals surface area contributed by atoms with Crippen LogP contribution in [0.3, 0.4) is 0 Å². The fourth-order valence-electron chi connectivity index (χ4n) is 8.75. The van der Waals surface area contributed by atoms with Crippen molar-refractivity contribution in [2.45, 2.75) is 314 Å². The highest BCUT2D eigenvalue weighted by molar-refractivity contribution is 5.80. The Bertz CT molecular complexity index is 1070. The zero-order chi connectivity index (χ0) is 47.4. The van der Waals surface area contributed by atoms with Gasteiger partial charge in [0.15, 0.2) is 0 Å². The molecule has 4 atom stereocenters. The molecule has 6 heteroatoms. The molecule has 0 aliphatic carbocycles. The summed E-state index contributed by atoms with van der Waals surface area (Å²) >= 11 is 0. The molecule has 0 spiro atoms. The molecule has 382 valence electrons. The number of rotatable bonds is 52. The molecular weight excluding hydrogens is 803 g/mol. The molecule has 1 amide bonds. The first-order chi connectivity index (χ1) is 32.0. The monoisotopic (exact) mass is 914 g/mol. The van der Waals surface area contributed by atoms with Gasteiger partial charge >= 0.3 is 0 Å². The van der Waals surface area contributed by atoms with Crippen LogP contribution in [-0.2, 0) is 4.79 Å². The maximum absolute atomic E-state index is 12.6. The van der Waals surface area contributed by atoms with Crippen molar-refractivity contribution < 1.29 is 25.2 Å². The van der Waals surface area contributed by atoms with Crippen molar-refractivity contribution >= 4 is 5.91 Å². The maximum atomic E-state index is 12.6. The van der Waals surface area contributed by atoms with Crippen LogP contribution in [0.25, 0.3) is 0 Å². The number of aliphatic hydroxyl groups excluding tert-OH is 4. The lowest BCUT2D eigenvalue weighted by Gasteiger charge is -2.27. The van der Waals surface area contributed by atoms with Crippen LogP contribution < -0.4 is 5.32 Å². The first kappa shape index (κ1) is 63.3. The van der Waals surface area contributed by atoms with E-state index in [2.05, 4.69) is 67.8 Å². The molecule has 6 nitrogen and oxygen atoms in total. The van der Waals surface area contributed by atoms with Crippen LogP contribution in [-0.4, -0.2) is 57.3 Å². The molecule has 0 saturated heterocycles. The van der Waals surface area contributed by atoms with Crippen LogP contribution in [0.1, 0.15) is 290 Å². The molecule has 0 rings (SSSR count). The Morgan fingerprint density at radius 2 is 0.692 bits per heavy atom. The van der Waals surface area contributed by atoms with Crippen molar-refractivity contribution in [3.63, 3.8) is 0 Å². The zero-order valence-corrected chi connectivity index (χ0v) is 43.2. The maximum Gasteiger partial charge on any atom is 0.249 e. The minimum atomic E-state index is -1.30. The molecule has 0 radical (unpaired) electrons. The largest absolute Gasteiger partial charge is 0.394 e. The van der Waals surface area contributed by atoms with E-state index in [1.807, 2.05) is 0 Å². The van der Waals surface area contributed by atoms with Gasteiger partial charge in [-0.1, -0.05) is 255 Å². The average molecular weight is 915 g/mol. The Labute approximate surface area is 404 Å². The Morgan fingerprint density at radius 1 is 0.385 bits per heavy atom. The van der Waals surface area contributed by atoms with Gasteiger partial charge < -0.3 is 25.7 Å². The van der Waals surface area contributed by atoms with Crippen molar-refractivity contribution in [3.05, 3.63) is 48.6 Å². The molecule has 0 aliphatic heterocycles. The number of allylic oxidation sites excluding steroid dienone is 8. The lowest BCUT2D eigenvalue weighted by atomic mass is 10.00. The van der Waals surface area contributed by atoms with Gasteiger partial charge in [0.2, 0.25) is 5.91 Å². The molecule has 0 aromatic rings. The number of carbonyl (C=O) groups is 1. The third-order valence-electron chi connectivity index (χ3n) is 13.2. The third-order valence-corrected chi connectivity index (χ3v) is 13.2. The summed E-state index contributed by atoms with van der Waals surface area (Å²) in [5.74, 6) is -0.604. The van der Waals surface area contributed by atoms with Crippen LogP contribution in [0, 0.1) is 0 Å². The van der Waals surface area contributed by atoms with Gasteiger partial charge in [0, 0.05) is 0 Å². The van der Waals surface area contributed by atoms with Gasteiger partial charge in [0.1, 0.15) is 12.2 Å². The Kier molecular flexibility index (Phi) is 51.8. The van der Waals surface area contributed by atoms with E-state index in [0.717, 1.165) is 57.8 Å². The number of unbranched alkanes of at least 4 members (excludes halogenated alkanes) is 35. The molecule has 0 heterocycles. The number of nitrogens with one attached hydrogen (secondary N) is 1. The van der Waals surface area contributed by atoms with Crippen LogP contribution in [0.4, 0.5) is 0 Å². The summed E-state index contributed by atoms with van der Waals surface area (Å²) in [6, 6.07) is -1.02. The number of aliphatic hydroxyl groups is 4. The van der Waals surface area contributed by atoms with Crippen LogP contribution in [0.15, 0.2) is 48.6 Å². The Morgan fingerprint density at radius 3 is 1.06 bits per heavy atom. The van der Waals surface area contributed by atoms with E-state index in [0.29, 0.717) is 19.3 Å². The van der Waals surface area contributed by atoms with E-state index >= 15 is 0 Å². The molecule has 0 aromatic carbocycles. The summed E-state index contributed by atoms with van der Waals surface area (Å²) in [5.41, 5.74) is 0. The van der Waals surface area contributed by atoms with Gasteiger partial charge in [-0.05, 0) is 83.5 Å². The Balaban J connectivity index is 3.71. The van der Waals surface area contributed by atoms with E-state index in [1.165, 1.54) is 199 Å². The quantitative estimate of drug-likeness (QED) is 0.0308. The molecular formula is C59H111NO5. The zero-order valence-electron chi connectivity index (χ0n) is 43.2. The molecule has 65 heavy (non-hydrogen) atoms. The van der Waals surface area contributed by atoms with Crippen molar-refractivity contribution in [2.24, 2.45) is 0 Å². The van der Waals surface area contributed by atoms with E-state index in [1.54, 1.807) is 0 Å². The summed E-state index contributed by atoms with van der Waals surface area (Å²) in [6.07, 6.45) is 67.5. The highest BCUT2D eigenvalue weighted by atomic mass is 16.3. The van der Waals surface area contributed by atoms with Gasteiger partial charge in [-0.2, -0.15) is 0 Å². The minimum Gasteiger partial charge on any atom is -0.394 e. The van der Waals surface area contributed by atoms with Crippen molar-refractivity contribution in [1.29, 1.82) is 0 Å². The van der Waals surface area contributed by atoms with Gasteiger partial charge in [-0.15, -0.1) is 0 Å². The van der Waals surface area contributed by atoms with Gasteiger partial charge in [0.25, 0.3) is 0 Å².